The van der Waals surface area contributed by atoms with Crippen LogP contribution in [0.5, 0.6) is 0 Å². The van der Waals surface area contributed by atoms with Crippen LogP contribution in [0.2, 0.25) is 0 Å². The summed E-state index contributed by atoms with van der Waals surface area (Å²) in [6.07, 6.45) is 2.63. The lowest BCUT2D eigenvalue weighted by molar-refractivity contribution is 1.15. The third-order valence-electron chi connectivity index (χ3n) is 3.09. The molecule has 1 nitrogen and oxygen atoms in total. The SMILES string of the molecule is N#CSc1ccc(C2CC2)c2ccccc12. The van der Waals surface area contributed by atoms with Gasteiger partial charge in [-0.3, -0.25) is 0 Å². The van der Waals surface area contributed by atoms with Crippen LogP contribution in [-0.4, -0.2) is 0 Å². The molecule has 0 radical (unpaired) electrons. The Bertz CT molecular complexity index is 579. The smallest absolute Gasteiger partial charge is 0.138 e. The summed E-state index contributed by atoms with van der Waals surface area (Å²) < 4.78 is 0. The highest BCUT2D eigenvalue weighted by Crippen LogP contribution is 2.44. The number of thiocyanates is 1. The van der Waals surface area contributed by atoms with Gasteiger partial charge in [0.25, 0.3) is 0 Å². The van der Waals surface area contributed by atoms with Gasteiger partial charge in [0.15, 0.2) is 0 Å². The molecular weight excluding hydrogens is 214 g/mol. The van der Waals surface area contributed by atoms with Crippen LogP contribution < -0.4 is 0 Å². The highest BCUT2D eigenvalue weighted by Gasteiger charge is 2.25. The van der Waals surface area contributed by atoms with Crippen molar-refractivity contribution in [2.45, 2.75) is 23.7 Å². The number of rotatable bonds is 2. The Morgan fingerprint density at radius 3 is 2.50 bits per heavy atom. The number of nitriles is 1. The minimum Gasteiger partial charge on any atom is -0.185 e. The van der Waals surface area contributed by atoms with Crippen molar-refractivity contribution >= 4 is 22.5 Å². The van der Waals surface area contributed by atoms with Crippen molar-refractivity contribution in [3.8, 4) is 5.40 Å². The van der Waals surface area contributed by atoms with E-state index in [1.165, 1.54) is 40.9 Å². The summed E-state index contributed by atoms with van der Waals surface area (Å²) in [4.78, 5) is 1.07. The zero-order valence-corrected chi connectivity index (χ0v) is 9.63. The normalized spacial score (nSPS) is 14.9. The molecule has 0 atom stereocenters. The Morgan fingerprint density at radius 2 is 1.81 bits per heavy atom. The summed E-state index contributed by atoms with van der Waals surface area (Å²) in [6.45, 7) is 0. The molecule has 2 heteroatoms. The fourth-order valence-corrected chi connectivity index (χ4v) is 2.71. The number of fused-ring (bicyclic) bond motifs is 1. The molecule has 1 aliphatic carbocycles. The first-order chi connectivity index (χ1) is 7.90. The molecule has 0 spiro atoms. The van der Waals surface area contributed by atoms with E-state index in [-0.39, 0.29) is 0 Å². The molecule has 2 aromatic carbocycles. The van der Waals surface area contributed by atoms with Gasteiger partial charge < -0.3 is 0 Å². The van der Waals surface area contributed by atoms with E-state index in [1.807, 2.05) is 6.07 Å². The summed E-state index contributed by atoms with van der Waals surface area (Å²) in [5, 5.41) is 13.5. The highest BCUT2D eigenvalue weighted by atomic mass is 32.2. The number of hydrogen-bond donors (Lipinski definition) is 0. The zero-order valence-electron chi connectivity index (χ0n) is 8.81. The van der Waals surface area contributed by atoms with Crippen LogP contribution in [-0.2, 0) is 0 Å². The molecule has 16 heavy (non-hydrogen) atoms. The van der Waals surface area contributed by atoms with Crippen molar-refractivity contribution in [1.29, 1.82) is 5.26 Å². The Morgan fingerprint density at radius 1 is 1.06 bits per heavy atom. The van der Waals surface area contributed by atoms with Gasteiger partial charge in [-0.15, -0.1) is 0 Å². The molecule has 1 aliphatic rings. The second-order valence-electron chi connectivity index (χ2n) is 4.17. The van der Waals surface area contributed by atoms with Gasteiger partial charge in [-0.25, -0.2) is 0 Å². The Hall–Kier alpha value is -1.46. The monoisotopic (exact) mass is 225 g/mol. The molecule has 1 saturated carbocycles. The number of hydrogen-bond acceptors (Lipinski definition) is 2. The van der Waals surface area contributed by atoms with Crippen molar-refractivity contribution in [2.75, 3.05) is 0 Å². The number of benzene rings is 2. The molecule has 1 fully saturated rings. The van der Waals surface area contributed by atoms with E-state index in [4.69, 9.17) is 5.26 Å². The van der Waals surface area contributed by atoms with E-state index in [0.717, 1.165) is 10.8 Å². The standard InChI is InChI=1S/C14H11NS/c15-9-16-14-8-7-11(10-5-6-10)12-3-1-2-4-13(12)14/h1-4,7-8,10H,5-6H2. The average Bonchev–Trinajstić information content (AvgIpc) is 3.14. The van der Waals surface area contributed by atoms with E-state index >= 15 is 0 Å². The minimum absolute atomic E-state index is 0.756. The largest absolute Gasteiger partial charge is 0.185 e. The van der Waals surface area contributed by atoms with Gasteiger partial charge in [0.05, 0.1) is 0 Å². The minimum atomic E-state index is 0.756. The van der Waals surface area contributed by atoms with Crippen molar-refractivity contribution in [3.63, 3.8) is 0 Å². The first-order valence-corrected chi connectivity index (χ1v) is 6.29. The molecule has 78 valence electrons. The average molecular weight is 225 g/mol. The first-order valence-electron chi connectivity index (χ1n) is 5.48. The fourth-order valence-electron chi connectivity index (χ4n) is 2.18. The van der Waals surface area contributed by atoms with Crippen LogP contribution >= 0.6 is 11.8 Å². The second kappa shape index (κ2) is 3.84. The maximum absolute atomic E-state index is 8.78. The summed E-state index contributed by atoms with van der Waals surface area (Å²) in [7, 11) is 0. The molecule has 0 unspecified atom stereocenters. The summed E-state index contributed by atoms with van der Waals surface area (Å²) in [5.41, 5.74) is 1.46. The predicted molar refractivity (Wildman–Crippen MR) is 67.4 cm³/mol. The molecule has 3 rings (SSSR count). The lowest BCUT2D eigenvalue weighted by atomic mass is 10.0. The maximum Gasteiger partial charge on any atom is 0.138 e. The highest BCUT2D eigenvalue weighted by molar-refractivity contribution is 8.04. The van der Waals surface area contributed by atoms with Gasteiger partial charge in [0, 0.05) is 4.90 Å². The Labute approximate surface area is 99.1 Å². The molecule has 0 N–H and O–H groups in total. The van der Waals surface area contributed by atoms with E-state index < -0.39 is 0 Å². The lowest BCUT2D eigenvalue weighted by Gasteiger charge is -2.07. The fraction of sp³-hybridized carbons (Fsp3) is 0.214. The quantitative estimate of drug-likeness (QED) is 0.562. The lowest BCUT2D eigenvalue weighted by Crippen LogP contribution is -1.84. The first kappa shape index (κ1) is 9.74. The molecular formula is C14H11NS. The Balaban J connectivity index is 2.25. The van der Waals surface area contributed by atoms with Gasteiger partial charge in [0.1, 0.15) is 5.40 Å². The van der Waals surface area contributed by atoms with Crippen molar-refractivity contribution in [3.05, 3.63) is 42.0 Å². The van der Waals surface area contributed by atoms with Gasteiger partial charge in [-0.2, -0.15) is 5.26 Å². The van der Waals surface area contributed by atoms with E-state index in [2.05, 4.69) is 35.7 Å². The van der Waals surface area contributed by atoms with Gasteiger partial charge in [0.2, 0.25) is 0 Å². The third kappa shape index (κ3) is 1.58. The molecule has 0 aromatic heterocycles. The van der Waals surface area contributed by atoms with Gasteiger partial charge >= 0.3 is 0 Å². The zero-order chi connectivity index (χ0) is 11.0. The molecule has 0 heterocycles. The molecule has 0 bridgehead atoms. The maximum atomic E-state index is 8.78. The van der Waals surface area contributed by atoms with Crippen LogP contribution in [0, 0.1) is 10.7 Å². The van der Waals surface area contributed by atoms with Crippen LogP contribution in [0.1, 0.15) is 24.3 Å². The second-order valence-corrected chi connectivity index (χ2v) is 4.99. The van der Waals surface area contributed by atoms with Crippen molar-refractivity contribution in [2.24, 2.45) is 0 Å². The molecule has 0 aliphatic heterocycles. The van der Waals surface area contributed by atoms with E-state index in [9.17, 15) is 0 Å². The summed E-state index contributed by atoms with van der Waals surface area (Å²) in [5.74, 6) is 0.756. The summed E-state index contributed by atoms with van der Waals surface area (Å²) in [6, 6.07) is 12.7. The van der Waals surface area contributed by atoms with E-state index in [1.54, 1.807) is 0 Å². The van der Waals surface area contributed by atoms with Crippen LogP contribution in [0.3, 0.4) is 0 Å². The van der Waals surface area contributed by atoms with Gasteiger partial charge in [-0.1, -0.05) is 30.3 Å². The van der Waals surface area contributed by atoms with Crippen molar-refractivity contribution in [1.82, 2.24) is 0 Å². The van der Waals surface area contributed by atoms with Crippen LogP contribution in [0.25, 0.3) is 10.8 Å². The summed E-state index contributed by atoms with van der Waals surface area (Å²) >= 11 is 1.25. The van der Waals surface area contributed by atoms with Crippen LogP contribution in [0.4, 0.5) is 0 Å². The topological polar surface area (TPSA) is 23.8 Å². The third-order valence-corrected chi connectivity index (χ3v) is 3.76. The van der Waals surface area contributed by atoms with Crippen LogP contribution in [0.15, 0.2) is 41.3 Å². The number of nitrogens with zero attached hydrogens (tertiary/aromatic N) is 1. The molecule has 0 saturated heterocycles. The predicted octanol–water partition coefficient (Wildman–Crippen LogP) is 4.29. The molecule has 2 aromatic rings. The van der Waals surface area contributed by atoms with Gasteiger partial charge in [-0.05, 0) is 52.9 Å². The van der Waals surface area contributed by atoms with Crippen molar-refractivity contribution < 1.29 is 0 Å². The molecule has 0 amide bonds. The Kier molecular flexibility index (Phi) is 2.34. The van der Waals surface area contributed by atoms with E-state index in [0.29, 0.717) is 0 Å². The number of thioether (sulfide) groups is 1.